The Labute approximate surface area is 128 Å². The fourth-order valence-corrected chi connectivity index (χ4v) is 4.61. The zero-order chi connectivity index (χ0) is 15.4. The van der Waals surface area contributed by atoms with Crippen molar-refractivity contribution in [3.8, 4) is 0 Å². The summed E-state index contributed by atoms with van der Waals surface area (Å²) in [6, 6.07) is 0. The minimum Gasteiger partial charge on any atom is -0.373 e. The Bertz CT molecular complexity index is 473. The summed E-state index contributed by atoms with van der Waals surface area (Å²) in [4.78, 5) is 12.5. The van der Waals surface area contributed by atoms with Gasteiger partial charge in [0, 0.05) is 18.9 Å². The number of methoxy groups -OCH3 is 1. The molecule has 3 rings (SSSR count). The molecule has 118 valence electrons. The number of rotatable bonds is 4. The van der Waals surface area contributed by atoms with Crippen molar-refractivity contribution in [3.63, 3.8) is 0 Å². The van der Waals surface area contributed by atoms with E-state index in [0.29, 0.717) is 5.41 Å². The van der Waals surface area contributed by atoms with Gasteiger partial charge in [0.1, 0.15) is 6.10 Å². The molecule has 0 bridgehead atoms. The second-order valence-corrected chi connectivity index (χ2v) is 7.81. The van der Waals surface area contributed by atoms with E-state index in [-0.39, 0.29) is 35.4 Å². The Hall–Kier alpha value is -0.670. The summed E-state index contributed by atoms with van der Waals surface area (Å²) in [6.07, 6.45) is 6.62. The van der Waals surface area contributed by atoms with Gasteiger partial charge in [0.15, 0.2) is 5.78 Å². The van der Waals surface area contributed by atoms with Crippen LogP contribution in [0.3, 0.4) is 0 Å². The SMILES string of the molecule is COC1C(=O)C(C)CC2(CC2)C1C1(C)OC1CC=C(C)C. The van der Waals surface area contributed by atoms with Gasteiger partial charge in [0.05, 0.1) is 11.7 Å². The summed E-state index contributed by atoms with van der Waals surface area (Å²) in [5.41, 5.74) is 1.44. The number of hydrogen-bond acceptors (Lipinski definition) is 3. The van der Waals surface area contributed by atoms with E-state index in [2.05, 4.69) is 33.8 Å². The molecule has 3 aliphatic rings. The zero-order valence-electron chi connectivity index (χ0n) is 13.9. The molecule has 0 aromatic heterocycles. The van der Waals surface area contributed by atoms with Crippen molar-refractivity contribution in [2.45, 2.75) is 71.2 Å². The van der Waals surface area contributed by atoms with Crippen molar-refractivity contribution in [3.05, 3.63) is 11.6 Å². The van der Waals surface area contributed by atoms with Crippen LogP contribution in [0.2, 0.25) is 0 Å². The van der Waals surface area contributed by atoms with E-state index in [1.807, 2.05) is 0 Å². The standard InChI is InChI=1S/C18H28O3/c1-11(2)6-7-13-17(4,21-13)16-15(20-5)14(19)12(3)10-18(16)8-9-18/h6,12-13,15-16H,7-10H2,1-5H3. The molecule has 2 saturated carbocycles. The number of allylic oxidation sites excluding steroid dienone is 1. The second kappa shape index (κ2) is 4.92. The Morgan fingerprint density at radius 2 is 2.10 bits per heavy atom. The van der Waals surface area contributed by atoms with Crippen molar-refractivity contribution in [2.75, 3.05) is 7.11 Å². The quantitative estimate of drug-likeness (QED) is 0.588. The average Bonchev–Trinajstić information content (AvgIpc) is 3.31. The predicted octanol–water partition coefficient (Wildman–Crippen LogP) is 3.52. The van der Waals surface area contributed by atoms with Gasteiger partial charge in [-0.3, -0.25) is 4.79 Å². The van der Waals surface area contributed by atoms with Crippen molar-refractivity contribution in [1.29, 1.82) is 0 Å². The van der Waals surface area contributed by atoms with Crippen LogP contribution in [0.25, 0.3) is 0 Å². The molecule has 1 saturated heterocycles. The van der Waals surface area contributed by atoms with E-state index in [4.69, 9.17) is 9.47 Å². The third-order valence-corrected chi connectivity index (χ3v) is 5.92. The fourth-order valence-electron chi connectivity index (χ4n) is 4.61. The van der Waals surface area contributed by atoms with Crippen LogP contribution in [-0.4, -0.2) is 30.7 Å². The Kier molecular flexibility index (Phi) is 3.57. The Morgan fingerprint density at radius 3 is 2.62 bits per heavy atom. The van der Waals surface area contributed by atoms with Crippen molar-refractivity contribution < 1.29 is 14.3 Å². The van der Waals surface area contributed by atoms with Crippen LogP contribution in [0, 0.1) is 17.3 Å². The summed E-state index contributed by atoms with van der Waals surface area (Å²) in [5.74, 6) is 0.638. The van der Waals surface area contributed by atoms with Crippen molar-refractivity contribution >= 4 is 5.78 Å². The molecular weight excluding hydrogens is 264 g/mol. The number of carbonyl (C=O) groups is 1. The number of epoxide rings is 1. The zero-order valence-corrected chi connectivity index (χ0v) is 13.9. The predicted molar refractivity (Wildman–Crippen MR) is 82.1 cm³/mol. The van der Waals surface area contributed by atoms with Crippen LogP contribution in [0.4, 0.5) is 0 Å². The van der Waals surface area contributed by atoms with E-state index in [9.17, 15) is 4.79 Å². The van der Waals surface area contributed by atoms with Crippen LogP contribution < -0.4 is 0 Å². The molecule has 0 radical (unpaired) electrons. The van der Waals surface area contributed by atoms with Crippen LogP contribution in [0.1, 0.15) is 53.4 Å². The second-order valence-electron chi connectivity index (χ2n) is 7.81. The van der Waals surface area contributed by atoms with E-state index < -0.39 is 0 Å². The molecule has 0 amide bonds. The number of ether oxygens (including phenoxy) is 2. The maximum Gasteiger partial charge on any atom is 0.164 e. The lowest BCUT2D eigenvalue weighted by Gasteiger charge is -2.42. The average molecular weight is 292 g/mol. The maximum atomic E-state index is 12.5. The van der Waals surface area contributed by atoms with E-state index >= 15 is 0 Å². The summed E-state index contributed by atoms with van der Waals surface area (Å²) in [5, 5.41) is 0. The Balaban J connectivity index is 1.82. The van der Waals surface area contributed by atoms with Crippen molar-refractivity contribution in [2.24, 2.45) is 17.3 Å². The molecule has 1 spiro atoms. The fraction of sp³-hybridized carbons (Fsp3) is 0.833. The largest absolute Gasteiger partial charge is 0.373 e. The summed E-state index contributed by atoms with van der Waals surface area (Å²) >= 11 is 0. The first kappa shape index (κ1) is 15.2. The van der Waals surface area contributed by atoms with Gasteiger partial charge in [-0.1, -0.05) is 18.6 Å². The topological polar surface area (TPSA) is 38.8 Å². The molecule has 2 aliphatic carbocycles. The molecule has 0 aromatic rings. The number of ketones is 1. The highest BCUT2D eigenvalue weighted by Gasteiger charge is 2.71. The van der Waals surface area contributed by atoms with Crippen molar-refractivity contribution in [1.82, 2.24) is 0 Å². The smallest absolute Gasteiger partial charge is 0.164 e. The number of carbonyl (C=O) groups excluding carboxylic acids is 1. The van der Waals surface area contributed by atoms with Gasteiger partial charge in [0.25, 0.3) is 0 Å². The number of Topliss-reactive ketones (excluding diaryl/α,β-unsaturated/α-hetero) is 1. The molecule has 5 atom stereocenters. The first-order valence-electron chi connectivity index (χ1n) is 8.22. The van der Waals surface area contributed by atoms with E-state index in [1.165, 1.54) is 18.4 Å². The molecule has 1 aliphatic heterocycles. The third-order valence-electron chi connectivity index (χ3n) is 5.92. The summed E-state index contributed by atoms with van der Waals surface area (Å²) in [6.45, 7) is 8.48. The molecule has 0 aromatic carbocycles. The molecule has 3 fully saturated rings. The number of hydrogen-bond donors (Lipinski definition) is 0. The molecule has 21 heavy (non-hydrogen) atoms. The minimum absolute atomic E-state index is 0.132. The highest BCUT2D eigenvalue weighted by molar-refractivity contribution is 5.87. The van der Waals surface area contributed by atoms with Crippen LogP contribution >= 0.6 is 0 Å². The lowest BCUT2D eigenvalue weighted by molar-refractivity contribution is -0.148. The van der Waals surface area contributed by atoms with Gasteiger partial charge in [-0.15, -0.1) is 0 Å². The molecule has 5 unspecified atom stereocenters. The van der Waals surface area contributed by atoms with Gasteiger partial charge in [0.2, 0.25) is 0 Å². The first-order valence-corrected chi connectivity index (χ1v) is 8.22. The van der Waals surface area contributed by atoms with Gasteiger partial charge in [-0.2, -0.15) is 0 Å². The van der Waals surface area contributed by atoms with Gasteiger partial charge in [-0.25, -0.2) is 0 Å². The highest BCUT2D eigenvalue weighted by Crippen LogP contribution is 2.67. The molecule has 0 N–H and O–H groups in total. The summed E-state index contributed by atoms with van der Waals surface area (Å²) < 4.78 is 11.8. The normalized spacial score (nSPS) is 43.8. The Morgan fingerprint density at radius 1 is 1.43 bits per heavy atom. The summed E-state index contributed by atoms with van der Waals surface area (Å²) in [7, 11) is 1.68. The first-order chi connectivity index (χ1) is 9.84. The maximum absolute atomic E-state index is 12.5. The molecule has 1 heterocycles. The minimum atomic E-state index is -0.280. The molecule has 3 nitrogen and oxygen atoms in total. The van der Waals surface area contributed by atoms with Gasteiger partial charge in [-0.05, 0) is 51.9 Å². The van der Waals surface area contributed by atoms with Crippen LogP contribution in [0.5, 0.6) is 0 Å². The lowest BCUT2D eigenvalue weighted by Crippen LogP contribution is -2.52. The van der Waals surface area contributed by atoms with Gasteiger partial charge >= 0.3 is 0 Å². The lowest BCUT2D eigenvalue weighted by atomic mass is 9.64. The highest BCUT2D eigenvalue weighted by atomic mass is 16.6. The van der Waals surface area contributed by atoms with E-state index in [1.54, 1.807) is 7.11 Å². The van der Waals surface area contributed by atoms with E-state index in [0.717, 1.165) is 12.8 Å². The van der Waals surface area contributed by atoms with Gasteiger partial charge < -0.3 is 9.47 Å². The molecular formula is C18H28O3. The monoisotopic (exact) mass is 292 g/mol. The van der Waals surface area contributed by atoms with Crippen LogP contribution in [-0.2, 0) is 14.3 Å². The third kappa shape index (κ3) is 2.39. The van der Waals surface area contributed by atoms with Crippen LogP contribution in [0.15, 0.2) is 11.6 Å². The molecule has 3 heteroatoms.